The molecule has 154 valence electrons. The van der Waals surface area contributed by atoms with Gasteiger partial charge in [-0.05, 0) is 30.5 Å². The van der Waals surface area contributed by atoms with Crippen LogP contribution in [0.1, 0.15) is 0 Å². The number of thioether (sulfide) groups is 2. The Labute approximate surface area is 182 Å². The van der Waals surface area contributed by atoms with E-state index < -0.39 is 0 Å². The summed E-state index contributed by atoms with van der Waals surface area (Å²) in [5, 5.41) is 13.0. The number of anilines is 1. The smallest absolute Gasteiger partial charge is 0.234 e. The molecule has 2 aromatic heterocycles. The lowest BCUT2D eigenvalue weighted by Crippen LogP contribution is -2.15. The molecule has 0 spiro atoms. The highest BCUT2D eigenvalue weighted by Gasteiger charge is 2.18. The normalized spacial score (nSPS) is 11.0. The molecule has 0 fully saturated rings. The van der Waals surface area contributed by atoms with Gasteiger partial charge in [-0.3, -0.25) is 4.79 Å². The standard InChI is InChI=1S/C21H20N4O3S2/c1-25-20(16-11-13-7-6-9-15(27-2)19(13)28-16)23-24-21(25)30-12-18(26)22-14-8-4-5-10-17(14)29-3/h4-11H,12H2,1-3H3,(H,22,26). The number of nitrogens with zero attached hydrogens (tertiary/aromatic N) is 3. The summed E-state index contributed by atoms with van der Waals surface area (Å²) >= 11 is 2.91. The Hall–Kier alpha value is -2.91. The van der Waals surface area contributed by atoms with Gasteiger partial charge in [-0.1, -0.05) is 36.0 Å². The Bertz CT molecular complexity index is 1200. The fourth-order valence-corrected chi connectivity index (χ4v) is 4.29. The zero-order valence-corrected chi connectivity index (χ0v) is 18.3. The third-order valence-corrected chi connectivity index (χ3v) is 6.31. The molecule has 4 rings (SSSR count). The zero-order chi connectivity index (χ0) is 21.1. The first-order valence-corrected chi connectivity index (χ1v) is 11.3. The molecule has 0 saturated heterocycles. The van der Waals surface area contributed by atoms with Crippen molar-refractivity contribution >= 4 is 46.1 Å². The number of fused-ring (bicyclic) bond motifs is 1. The number of hydrogen-bond donors (Lipinski definition) is 1. The van der Waals surface area contributed by atoms with Crippen molar-refractivity contribution in [1.29, 1.82) is 0 Å². The summed E-state index contributed by atoms with van der Waals surface area (Å²) in [5.74, 6) is 1.97. The number of nitrogens with one attached hydrogen (secondary N) is 1. The number of methoxy groups -OCH3 is 1. The van der Waals surface area contributed by atoms with E-state index in [-0.39, 0.29) is 11.7 Å². The summed E-state index contributed by atoms with van der Waals surface area (Å²) in [6, 6.07) is 15.3. The number of furan rings is 1. The molecule has 0 aliphatic heterocycles. The van der Waals surface area contributed by atoms with Gasteiger partial charge in [0.15, 0.2) is 28.1 Å². The van der Waals surface area contributed by atoms with E-state index in [4.69, 9.17) is 9.15 Å². The lowest BCUT2D eigenvalue weighted by molar-refractivity contribution is -0.113. The van der Waals surface area contributed by atoms with Crippen molar-refractivity contribution in [3.8, 4) is 17.3 Å². The van der Waals surface area contributed by atoms with Gasteiger partial charge in [-0.2, -0.15) is 0 Å². The predicted molar refractivity (Wildman–Crippen MR) is 120 cm³/mol. The van der Waals surface area contributed by atoms with E-state index in [2.05, 4.69) is 15.5 Å². The molecule has 30 heavy (non-hydrogen) atoms. The number of rotatable bonds is 7. The lowest BCUT2D eigenvalue weighted by atomic mass is 10.2. The van der Waals surface area contributed by atoms with Crippen molar-refractivity contribution in [1.82, 2.24) is 14.8 Å². The molecule has 2 aromatic carbocycles. The summed E-state index contributed by atoms with van der Waals surface area (Å²) in [7, 11) is 3.46. The number of amides is 1. The fourth-order valence-electron chi connectivity index (χ4n) is 3.03. The van der Waals surface area contributed by atoms with Gasteiger partial charge in [-0.15, -0.1) is 22.0 Å². The largest absolute Gasteiger partial charge is 0.493 e. The monoisotopic (exact) mass is 440 g/mol. The Balaban J connectivity index is 1.48. The highest BCUT2D eigenvalue weighted by Crippen LogP contribution is 2.33. The Kier molecular flexibility index (Phi) is 6.01. The predicted octanol–water partition coefficient (Wildman–Crippen LogP) is 4.69. The van der Waals surface area contributed by atoms with Crippen LogP contribution < -0.4 is 10.1 Å². The van der Waals surface area contributed by atoms with Crippen molar-refractivity contribution in [2.45, 2.75) is 10.1 Å². The minimum atomic E-state index is -0.0977. The van der Waals surface area contributed by atoms with Gasteiger partial charge in [0, 0.05) is 17.3 Å². The highest BCUT2D eigenvalue weighted by atomic mass is 32.2. The molecule has 0 saturated carbocycles. The molecule has 2 heterocycles. The van der Waals surface area contributed by atoms with E-state index in [0.29, 0.717) is 28.1 Å². The Morgan fingerprint density at radius 1 is 1.20 bits per heavy atom. The molecule has 0 radical (unpaired) electrons. The van der Waals surface area contributed by atoms with Crippen LogP contribution in [-0.2, 0) is 11.8 Å². The minimum absolute atomic E-state index is 0.0977. The minimum Gasteiger partial charge on any atom is -0.493 e. The molecule has 9 heteroatoms. The van der Waals surface area contributed by atoms with Crippen LogP contribution in [0.25, 0.3) is 22.6 Å². The second kappa shape index (κ2) is 8.85. The maximum absolute atomic E-state index is 12.4. The molecule has 0 aliphatic carbocycles. The zero-order valence-electron chi connectivity index (χ0n) is 16.7. The van der Waals surface area contributed by atoms with Crippen LogP contribution in [0.2, 0.25) is 0 Å². The van der Waals surface area contributed by atoms with Gasteiger partial charge in [0.2, 0.25) is 5.91 Å². The molecule has 4 aromatic rings. The third-order valence-electron chi connectivity index (χ3n) is 4.50. The Morgan fingerprint density at radius 2 is 2.03 bits per heavy atom. The van der Waals surface area contributed by atoms with Gasteiger partial charge in [0.1, 0.15) is 0 Å². The molecule has 0 aliphatic rings. The van der Waals surface area contributed by atoms with Crippen molar-refractivity contribution in [2.75, 3.05) is 24.4 Å². The first-order valence-electron chi connectivity index (χ1n) is 9.12. The fraction of sp³-hybridized carbons (Fsp3) is 0.190. The average Bonchev–Trinajstić information content (AvgIpc) is 3.35. The summed E-state index contributed by atoms with van der Waals surface area (Å²) < 4.78 is 13.1. The number of para-hydroxylation sites is 2. The van der Waals surface area contributed by atoms with E-state index in [1.165, 1.54) is 11.8 Å². The van der Waals surface area contributed by atoms with E-state index >= 15 is 0 Å². The van der Waals surface area contributed by atoms with Crippen molar-refractivity contribution in [3.63, 3.8) is 0 Å². The van der Waals surface area contributed by atoms with Gasteiger partial charge < -0.3 is 19.0 Å². The van der Waals surface area contributed by atoms with Crippen LogP contribution in [0.4, 0.5) is 5.69 Å². The number of hydrogen-bond acceptors (Lipinski definition) is 7. The average molecular weight is 441 g/mol. The summed E-state index contributed by atoms with van der Waals surface area (Å²) in [6.07, 6.45) is 1.98. The van der Waals surface area contributed by atoms with Crippen molar-refractivity contribution in [3.05, 3.63) is 48.5 Å². The second-order valence-electron chi connectivity index (χ2n) is 6.39. The molecular formula is C21H20N4O3S2. The number of carbonyl (C=O) groups is 1. The van der Waals surface area contributed by atoms with Gasteiger partial charge in [0.25, 0.3) is 0 Å². The summed E-state index contributed by atoms with van der Waals surface area (Å²) in [4.78, 5) is 13.4. The molecule has 1 N–H and O–H groups in total. The quantitative estimate of drug-likeness (QED) is 0.418. The van der Waals surface area contributed by atoms with E-state index in [1.54, 1.807) is 18.9 Å². The number of benzene rings is 2. The number of ether oxygens (including phenoxy) is 1. The summed E-state index contributed by atoms with van der Waals surface area (Å²) in [5.41, 5.74) is 1.48. The Morgan fingerprint density at radius 3 is 2.83 bits per heavy atom. The van der Waals surface area contributed by atoms with Crippen LogP contribution in [-0.4, -0.2) is 39.8 Å². The van der Waals surface area contributed by atoms with Crippen LogP contribution in [0, 0.1) is 0 Å². The van der Waals surface area contributed by atoms with Crippen LogP contribution in [0.5, 0.6) is 5.75 Å². The summed E-state index contributed by atoms with van der Waals surface area (Å²) in [6.45, 7) is 0. The molecule has 7 nitrogen and oxygen atoms in total. The van der Waals surface area contributed by atoms with Crippen LogP contribution in [0.3, 0.4) is 0 Å². The topological polar surface area (TPSA) is 82.2 Å². The van der Waals surface area contributed by atoms with Gasteiger partial charge >= 0.3 is 0 Å². The number of carbonyl (C=O) groups excluding carboxylic acids is 1. The maximum atomic E-state index is 12.4. The molecule has 1 amide bonds. The molecule has 0 atom stereocenters. The lowest BCUT2D eigenvalue weighted by Gasteiger charge is -2.08. The van der Waals surface area contributed by atoms with Crippen LogP contribution >= 0.6 is 23.5 Å². The third kappa shape index (κ3) is 4.03. The SMILES string of the molecule is COc1cccc2cc(-c3nnc(SCC(=O)Nc4ccccc4SC)n3C)oc12. The second-order valence-corrected chi connectivity index (χ2v) is 8.18. The highest BCUT2D eigenvalue weighted by molar-refractivity contribution is 7.99. The maximum Gasteiger partial charge on any atom is 0.234 e. The molecular weight excluding hydrogens is 420 g/mol. The molecule has 0 bridgehead atoms. The number of aromatic nitrogens is 3. The van der Waals surface area contributed by atoms with Crippen LogP contribution in [0.15, 0.2) is 63.0 Å². The first kappa shape index (κ1) is 20.4. The van der Waals surface area contributed by atoms with Gasteiger partial charge in [0.05, 0.1) is 18.6 Å². The van der Waals surface area contributed by atoms with Crippen molar-refractivity contribution < 1.29 is 13.9 Å². The van der Waals surface area contributed by atoms with Gasteiger partial charge in [-0.25, -0.2) is 0 Å². The van der Waals surface area contributed by atoms with E-state index in [9.17, 15) is 4.79 Å². The van der Waals surface area contributed by atoms with Crippen molar-refractivity contribution in [2.24, 2.45) is 7.05 Å². The van der Waals surface area contributed by atoms with E-state index in [0.717, 1.165) is 16.0 Å². The first-order chi connectivity index (χ1) is 14.6. The molecule has 0 unspecified atom stereocenters. The van der Waals surface area contributed by atoms with E-state index in [1.807, 2.05) is 66.4 Å².